The van der Waals surface area contributed by atoms with Crippen LogP contribution in [-0.2, 0) is 4.74 Å². The number of hydrogen-bond donors (Lipinski definition) is 1. The largest absolute Gasteiger partial charge is 0.381 e. The number of hydrogen-bond acceptors (Lipinski definition) is 2. The number of unbranched alkanes of at least 4 members (excludes halogenated alkanes) is 3. The summed E-state index contributed by atoms with van der Waals surface area (Å²) in [6.07, 6.45) is 8.81. The molecule has 0 bridgehead atoms. The SMILES string of the molecule is CCCCCOCCCCC(C)NCCC. The van der Waals surface area contributed by atoms with E-state index in [4.69, 9.17) is 4.74 Å². The lowest BCUT2D eigenvalue weighted by Gasteiger charge is -2.12. The van der Waals surface area contributed by atoms with E-state index < -0.39 is 0 Å². The first-order chi connectivity index (χ1) is 7.81. The minimum atomic E-state index is 0.667. The molecule has 1 unspecified atom stereocenters. The van der Waals surface area contributed by atoms with Crippen LogP contribution in [-0.4, -0.2) is 25.8 Å². The Morgan fingerprint density at radius 1 is 0.938 bits per heavy atom. The third-order valence-corrected chi connectivity index (χ3v) is 2.81. The molecule has 0 aromatic carbocycles. The van der Waals surface area contributed by atoms with Gasteiger partial charge in [-0.3, -0.25) is 0 Å². The molecule has 1 atom stereocenters. The summed E-state index contributed by atoms with van der Waals surface area (Å²) in [6, 6.07) is 0.667. The van der Waals surface area contributed by atoms with Gasteiger partial charge in [0.15, 0.2) is 0 Å². The number of rotatable bonds is 12. The van der Waals surface area contributed by atoms with Crippen LogP contribution in [0.2, 0.25) is 0 Å². The van der Waals surface area contributed by atoms with Gasteiger partial charge < -0.3 is 10.1 Å². The maximum Gasteiger partial charge on any atom is 0.0466 e. The topological polar surface area (TPSA) is 21.3 Å². The fraction of sp³-hybridized carbons (Fsp3) is 1.00. The van der Waals surface area contributed by atoms with Crippen molar-refractivity contribution < 1.29 is 4.74 Å². The average molecular weight is 229 g/mol. The summed E-state index contributed by atoms with van der Waals surface area (Å²) in [5.41, 5.74) is 0. The van der Waals surface area contributed by atoms with Crippen LogP contribution in [0.3, 0.4) is 0 Å². The Hall–Kier alpha value is -0.0800. The molecule has 98 valence electrons. The monoisotopic (exact) mass is 229 g/mol. The molecular weight excluding hydrogens is 198 g/mol. The molecule has 0 spiro atoms. The molecule has 2 nitrogen and oxygen atoms in total. The molecule has 0 amide bonds. The maximum absolute atomic E-state index is 5.58. The second kappa shape index (κ2) is 13.0. The van der Waals surface area contributed by atoms with E-state index in [1.165, 1.54) is 44.9 Å². The molecule has 0 aromatic rings. The molecule has 0 rings (SSSR count). The van der Waals surface area contributed by atoms with E-state index in [1.807, 2.05) is 0 Å². The summed E-state index contributed by atoms with van der Waals surface area (Å²) >= 11 is 0. The Labute approximate surface area is 102 Å². The first kappa shape index (κ1) is 15.9. The molecule has 0 saturated heterocycles. The van der Waals surface area contributed by atoms with Crippen LogP contribution in [0.25, 0.3) is 0 Å². The first-order valence-corrected chi connectivity index (χ1v) is 7.12. The smallest absolute Gasteiger partial charge is 0.0466 e. The van der Waals surface area contributed by atoms with Gasteiger partial charge in [-0.2, -0.15) is 0 Å². The van der Waals surface area contributed by atoms with Crippen LogP contribution in [0.5, 0.6) is 0 Å². The van der Waals surface area contributed by atoms with E-state index >= 15 is 0 Å². The molecule has 1 N–H and O–H groups in total. The van der Waals surface area contributed by atoms with Gasteiger partial charge in [-0.05, 0) is 45.6 Å². The van der Waals surface area contributed by atoms with Crippen LogP contribution >= 0.6 is 0 Å². The Morgan fingerprint density at radius 3 is 2.25 bits per heavy atom. The number of ether oxygens (including phenoxy) is 1. The van der Waals surface area contributed by atoms with Crippen molar-refractivity contribution in [1.29, 1.82) is 0 Å². The van der Waals surface area contributed by atoms with Crippen LogP contribution in [0, 0.1) is 0 Å². The highest BCUT2D eigenvalue weighted by Crippen LogP contribution is 2.02. The summed E-state index contributed by atoms with van der Waals surface area (Å²) in [7, 11) is 0. The average Bonchev–Trinajstić information content (AvgIpc) is 2.30. The molecule has 0 aliphatic carbocycles. The standard InChI is InChI=1S/C14H31NO/c1-4-6-8-12-16-13-9-7-10-14(3)15-11-5-2/h14-15H,4-13H2,1-3H3. The van der Waals surface area contributed by atoms with E-state index in [0.717, 1.165) is 19.8 Å². The van der Waals surface area contributed by atoms with Gasteiger partial charge in [-0.1, -0.05) is 26.7 Å². The second-order valence-electron chi connectivity index (χ2n) is 4.67. The van der Waals surface area contributed by atoms with Crippen LogP contribution < -0.4 is 5.32 Å². The first-order valence-electron chi connectivity index (χ1n) is 7.12. The molecule has 0 saturated carbocycles. The van der Waals surface area contributed by atoms with Crippen LogP contribution in [0.15, 0.2) is 0 Å². The molecule has 0 aliphatic heterocycles. The Bertz CT molecular complexity index is 128. The van der Waals surface area contributed by atoms with Gasteiger partial charge in [-0.15, -0.1) is 0 Å². The Kier molecular flexibility index (Phi) is 12.9. The lowest BCUT2D eigenvalue weighted by molar-refractivity contribution is 0.125. The van der Waals surface area contributed by atoms with Gasteiger partial charge in [0.1, 0.15) is 0 Å². The second-order valence-corrected chi connectivity index (χ2v) is 4.67. The van der Waals surface area contributed by atoms with Crippen molar-refractivity contribution in [2.75, 3.05) is 19.8 Å². The Balaban J connectivity index is 3.02. The summed E-state index contributed by atoms with van der Waals surface area (Å²) < 4.78 is 5.58. The van der Waals surface area contributed by atoms with E-state index in [9.17, 15) is 0 Å². The zero-order chi connectivity index (χ0) is 12.1. The third kappa shape index (κ3) is 12.0. The highest BCUT2D eigenvalue weighted by Gasteiger charge is 1.99. The van der Waals surface area contributed by atoms with E-state index in [2.05, 4.69) is 26.1 Å². The fourth-order valence-electron chi connectivity index (χ4n) is 1.70. The highest BCUT2D eigenvalue weighted by atomic mass is 16.5. The minimum Gasteiger partial charge on any atom is -0.381 e. The predicted molar refractivity (Wildman–Crippen MR) is 72.0 cm³/mol. The molecule has 0 fully saturated rings. The quantitative estimate of drug-likeness (QED) is 0.515. The van der Waals surface area contributed by atoms with Gasteiger partial charge in [0.2, 0.25) is 0 Å². The molecule has 2 heteroatoms. The van der Waals surface area contributed by atoms with Gasteiger partial charge >= 0.3 is 0 Å². The van der Waals surface area contributed by atoms with Crippen molar-refractivity contribution in [3.63, 3.8) is 0 Å². The maximum atomic E-state index is 5.58. The van der Waals surface area contributed by atoms with Crippen molar-refractivity contribution in [3.8, 4) is 0 Å². The predicted octanol–water partition coefficient (Wildman–Crippen LogP) is 3.75. The lowest BCUT2D eigenvalue weighted by atomic mass is 10.1. The zero-order valence-corrected chi connectivity index (χ0v) is 11.6. The van der Waals surface area contributed by atoms with Crippen molar-refractivity contribution in [2.24, 2.45) is 0 Å². The summed E-state index contributed by atoms with van der Waals surface area (Å²) in [5.74, 6) is 0. The fourth-order valence-corrected chi connectivity index (χ4v) is 1.70. The minimum absolute atomic E-state index is 0.667. The molecule has 0 aromatic heterocycles. The summed E-state index contributed by atoms with van der Waals surface area (Å²) in [4.78, 5) is 0. The molecule has 0 heterocycles. The van der Waals surface area contributed by atoms with Crippen molar-refractivity contribution in [3.05, 3.63) is 0 Å². The normalized spacial score (nSPS) is 12.9. The van der Waals surface area contributed by atoms with Crippen LogP contribution in [0.1, 0.15) is 65.7 Å². The zero-order valence-electron chi connectivity index (χ0n) is 11.6. The third-order valence-electron chi connectivity index (χ3n) is 2.81. The van der Waals surface area contributed by atoms with Gasteiger partial charge in [0.25, 0.3) is 0 Å². The van der Waals surface area contributed by atoms with Crippen molar-refractivity contribution >= 4 is 0 Å². The molecule has 16 heavy (non-hydrogen) atoms. The lowest BCUT2D eigenvalue weighted by Crippen LogP contribution is -2.26. The Morgan fingerprint density at radius 2 is 1.62 bits per heavy atom. The van der Waals surface area contributed by atoms with Gasteiger partial charge in [0, 0.05) is 19.3 Å². The molecular formula is C14H31NO. The van der Waals surface area contributed by atoms with E-state index in [-0.39, 0.29) is 0 Å². The van der Waals surface area contributed by atoms with Crippen molar-refractivity contribution in [2.45, 2.75) is 71.8 Å². The van der Waals surface area contributed by atoms with Crippen LogP contribution in [0.4, 0.5) is 0 Å². The summed E-state index contributed by atoms with van der Waals surface area (Å²) in [6.45, 7) is 9.77. The highest BCUT2D eigenvalue weighted by molar-refractivity contribution is 4.59. The molecule has 0 radical (unpaired) electrons. The van der Waals surface area contributed by atoms with Gasteiger partial charge in [-0.25, -0.2) is 0 Å². The van der Waals surface area contributed by atoms with E-state index in [1.54, 1.807) is 0 Å². The van der Waals surface area contributed by atoms with E-state index in [0.29, 0.717) is 6.04 Å². The number of nitrogens with one attached hydrogen (secondary N) is 1. The van der Waals surface area contributed by atoms with Gasteiger partial charge in [0.05, 0.1) is 0 Å². The van der Waals surface area contributed by atoms with Crippen molar-refractivity contribution in [1.82, 2.24) is 5.32 Å². The molecule has 0 aliphatic rings. The summed E-state index contributed by atoms with van der Waals surface area (Å²) in [5, 5.41) is 3.51.